The Morgan fingerprint density at radius 3 is 1.70 bits per heavy atom. The van der Waals surface area contributed by atoms with Crippen molar-refractivity contribution in [3.05, 3.63) is 138 Å². The van der Waals surface area contributed by atoms with E-state index in [0.29, 0.717) is 11.1 Å². The fourth-order valence-corrected chi connectivity index (χ4v) is 12.8. The van der Waals surface area contributed by atoms with Crippen LogP contribution in [0.5, 0.6) is 5.75 Å². The molecule has 0 radical (unpaired) electrons. The summed E-state index contributed by atoms with van der Waals surface area (Å²) < 4.78 is 7.55. The molecule has 1 atom stereocenters. The minimum atomic E-state index is -2.90. The van der Waals surface area contributed by atoms with Gasteiger partial charge in [0, 0.05) is 11.9 Å². The lowest BCUT2D eigenvalue weighted by Crippen LogP contribution is -2.68. The van der Waals surface area contributed by atoms with Gasteiger partial charge in [0.05, 0.1) is 33.4 Å². The number of amides is 2. The van der Waals surface area contributed by atoms with E-state index in [4.69, 9.17) is 4.43 Å². The molecule has 0 bridgehead atoms. The van der Waals surface area contributed by atoms with Crippen molar-refractivity contribution in [3.63, 3.8) is 0 Å². The first-order chi connectivity index (χ1) is 22.1. The lowest BCUT2D eigenvalue weighted by molar-refractivity contribution is 0.0593. The van der Waals surface area contributed by atoms with Gasteiger partial charge in [-0.05, 0) is 58.2 Å². The number of fused-ring (bicyclic) bond motifs is 3. The van der Waals surface area contributed by atoms with Crippen LogP contribution in [-0.2, 0) is 0 Å². The summed E-state index contributed by atoms with van der Waals surface area (Å²) >= 11 is 1.66. The van der Waals surface area contributed by atoms with Crippen molar-refractivity contribution in [2.45, 2.75) is 48.6 Å². The van der Waals surface area contributed by atoms with E-state index in [1.807, 2.05) is 19.1 Å². The van der Waals surface area contributed by atoms with Gasteiger partial charge < -0.3 is 9.33 Å². The zero-order chi connectivity index (χ0) is 32.2. The van der Waals surface area contributed by atoms with Gasteiger partial charge in [0.2, 0.25) is 0 Å². The molecule has 46 heavy (non-hydrogen) atoms. The van der Waals surface area contributed by atoms with Gasteiger partial charge in [-0.1, -0.05) is 124 Å². The molecule has 0 saturated carbocycles. The van der Waals surface area contributed by atoms with Crippen molar-refractivity contribution in [1.82, 2.24) is 4.90 Å². The van der Waals surface area contributed by atoms with Crippen molar-refractivity contribution >= 4 is 53.6 Å². The van der Waals surface area contributed by atoms with E-state index in [9.17, 15) is 9.59 Å². The van der Waals surface area contributed by atoms with Gasteiger partial charge in [-0.3, -0.25) is 14.5 Å². The molecule has 0 saturated heterocycles. The third kappa shape index (κ3) is 4.60. The van der Waals surface area contributed by atoms with E-state index in [2.05, 4.69) is 118 Å². The van der Waals surface area contributed by atoms with Crippen molar-refractivity contribution in [1.29, 1.82) is 0 Å². The molecule has 230 valence electrons. The maximum atomic E-state index is 13.5. The number of hydrogen-bond acceptors (Lipinski definition) is 5. The van der Waals surface area contributed by atoms with Crippen LogP contribution < -0.4 is 19.7 Å². The highest BCUT2D eigenvalue weighted by Crippen LogP contribution is 2.54. The number of benzene rings is 5. The van der Waals surface area contributed by atoms with E-state index in [1.165, 1.54) is 15.3 Å². The normalized spacial score (nSPS) is 14.9. The van der Waals surface area contributed by atoms with Crippen LogP contribution in [0.25, 0.3) is 0 Å². The molecule has 0 spiro atoms. The number of carbonyl (C=O) groups excluding carboxylic acids is 2. The minimum absolute atomic E-state index is 0.202. The van der Waals surface area contributed by atoms with Crippen LogP contribution in [0.4, 0.5) is 11.4 Å². The first-order valence-electron chi connectivity index (χ1n) is 15.6. The summed E-state index contributed by atoms with van der Waals surface area (Å²) in [5, 5.41) is 2.22. The SMILES string of the molecule is CC(c1cccc2c1Sc1c(O[Si](c3ccccc3)(c3ccccc3)C(C)(C)C)cccc1N2C)N1C(=O)c2ccccc2C1=O. The summed E-state index contributed by atoms with van der Waals surface area (Å²) in [6, 6.07) is 40.3. The lowest BCUT2D eigenvalue weighted by atomic mass is 10.0. The highest BCUT2D eigenvalue weighted by molar-refractivity contribution is 8.00. The number of carbonyl (C=O) groups is 2. The van der Waals surface area contributed by atoms with Crippen LogP contribution in [0.1, 0.15) is 60.0 Å². The van der Waals surface area contributed by atoms with E-state index in [-0.39, 0.29) is 16.9 Å². The van der Waals surface area contributed by atoms with Gasteiger partial charge in [-0.25, -0.2) is 0 Å². The maximum Gasteiger partial charge on any atom is 0.320 e. The topological polar surface area (TPSA) is 49.9 Å². The lowest BCUT2D eigenvalue weighted by Gasteiger charge is -2.44. The number of imide groups is 1. The molecule has 5 aromatic rings. The Kier molecular flexibility index (Phi) is 7.41. The Bertz CT molecular complexity index is 1900. The Morgan fingerprint density at radius 1 is 0.652 bits per heavy atom. The Morgan fingerprint density at radius 2 is 1.15 bits per heavy atom. The monoisotopic (exact) mass is 640 g/mol. The van der Waals surface area contributed by atoms with Gasteiger partial charge in [0.15, 0.2) is 0 Å². The molecule has 5 aromatic carbocycles. The summed E-state index contributed by atoms with van der Waals surface area (Å²) in [6.45, 7) is 8.79. The van der Waals surface area contributed by atoms with Crippen molar-refractivity contribution in [2.75, 3.05) is 11.9 Å². The van der Waals surface area contributed by atoms with Crippen LogP contribution in [0, 0.1) is 0 Å². The predicted molar refractivity (Wildman–Crippen MR) is 189 cm³/mol. The van der Waals surface area contributed by atoms with Crippen molar-refractivity contribution in [3.8, 4) is 5.75 Å². The summed E-state index contributed by atoms with van der Waals surface area (Å²) in [5.41, 5.74) is 3.93. The number of hydrogen-bond donors (Lipinski definition) is 0. The summed E-state index contributed by atoms with van der Waals surface area (Å²) in [7, 11) is -0.834. The molecule has 2 aliphatic rings. The fraction of sp³-hybridized carbons (Fsp3) is 0.179. The molecule has 5 nitrogen and oxygen atoms in total. The molecule has 0 fully saturated rings. The quantitative estimate of drug-likeness (QED) is 0.138. The maximum absolute atomic E-state index is 13.5. The molecule has 1 unspecified atom stereocenters. The highest BCUT2D eigenvalue weighted by Gasteiger charge is 2.52. The van der Waals surface area contributed by atoms with Gasteiger partial charge in [0.1, 0.15) is 5.75 Å². The van der Waals surface area contributed by atoms with E-state index in [1.54, 1.807) is 36.0 Å². The summed E-state index contributed by atoms with van der Waals surface area (Å²) in [6.07, 6.45) is 0. The smallest absolute Gasteiger partial charge is 0.320 e. The predicted octanol–water partition coefficient (Wildman–Crippen LogP) is 8.22. The molecule has 2 amide bonds. The largest absolute Gasteiger partial charge is 0.533 e. The summed E-state index contributed by atoms with van der Waals surface area (Å²) in [4.78, 5) is 32.6. The van der Waals surface area contributed by atoms with E-state index >= 15 is 0 Å². The second kappa shape index (κ2) is 11.3. The first-order valence-corrected chi connectivity index (χ1v) is 18.3. The molecule has 7 rings (SSSR count). The average Bonchev–Trinajstić information content (AvgIpc) is 3.32. The molecule has 2 heterocycles. The van der Waals surface area contributed by atoms with Crippen molar-refractivity contribution < 1.29 is 14.0 Å². The molecule has 0 N–H and O–H groups in total. The van der Waals surface area contributed by atoms with Crippen LogP contribution in [0.15, 0.2) is 131 Å². The van der Waals surface area contributed by atoms with Crippen LogP contribution in [-0.4, -0.2) is 32.1 Å². The molecule has 2 aliphatic heterocycles. The number of anilines is 2. The zero-order valence-corrected chi connectivity index (χ0v) is 28.5. The van der Waals surface area contributed by atoms with Gasteiger partial charge in [0.25, 0.3) is 11.8 Å². The third-order valence-electron chi connectivity index (χ3n) is 9.25. The Hall–Kier alpha value is -4.59. The van der Waals surface area contributed by atoms with Gasteiger partial charge in [-0.15, -0.1) is 0 Å². The zero-order valence-electron chi connectivity index (χ0n) is 26.7. The fourth-order valence-electron chi connectivity index (χ4n) is 6.94. The van der Waals surface area contributed by atoms with Gasteiger partial charge >= 0.3 is 8.32 Å². The van der Waals surface area contributed by atoms with Crippen LogP contribution in [0.2, 0.25) is 5.04 Å². The Labute approximate surface area is 276 Å². The molecule has 0 aliphatic carbocycles. The van der Waals surface area contributed by atoms with Crippen LogP contribution in [0.3, 0.4) is 0 Å². The standard InChI is InChI=1S/C39H36N2O3SSi/c1-26(41-37(42)30-20-12-13-21-31(30)38(41)43)29-22-14-23-32-35(29)45-36-33(40(32)5)24-15-25-34(36)44-46(39(2,3)4,27-16-8-6-9-17-27)28-18-10-7-11-19-28/h6-26H,1-5H3. The highest BCUT2D eigenvalue weighted by atomic mass is 32.2. The molecular weight excluding hydrogens is 605 g/mol. The van der Waals surface area contributed by atoms with Crippen molar-refractivity contribution in [2.24, 2.45) is 0 Å². The van der Waals surface area contributed by atoms with E-state index in [0.717, 1.165) is 32.5 Å². The molecule has 7 heteroatoms. The first kappa shape index (κ1) is 30.1. The molecule has 0 aromatic heterocycles. The average molecular weight is 641 g/mol. The molecular formula is C39H36N2O3SSi. The number of rotatable bonds is 6. The van der Waals surface area contributed by atoms with E-state index < -0.39 is 14.4 Å². The second-order valence-corrected chi connectivity index (χ2v) is 18.2. The third-order valence-corrected chi connectivity index (χ3v) is 15.4. The van der Waals surface area contributed by atoms with Crippen LogP contribution >= 0.6 is 11.8 Å². The van der Waals surface area contributed by atoms with Gasteiger partial charge in [-0.2, -0.15) is 0 Å². The minimum Gasteiger partial charge on any atom is -0.533 e. The number of nitrogens with zero attached hydrogens (tertiary/aromatic N) is 2. The Balaban J connectivity index is 1.34. The summed E-state index contributed by atoms with van der Waals surface area (Å²) in [5.74, 6) is 0.324. The second-order valence-electron chi connectivity index (χ2n) is 12.9.